The highest BCUT2D eigenvalue weighted by Gasteiger charge is 2.15. The van der Waals surface area contributed by atoms with Gasteiger partial charge in [0.25, 0.3) is 0 Å². The number of nitrogens with two attached hydrogens (primary N) is 1. The Kier molecular flexibility index (Phi) is 5.93. The molecule has 0 aliphatic carbocycles. The van der Waals surface area contributed by atoms with Crippen molar-refractivity contribution < 1.29 is 5.11 Å². The number of hydrogen-bond acceptors (Lipinski definition) is 3. The number of benzene rings is 2. The largest absolute Gasteiger partial charge is 0.387 e. The lowest BCUT2D eigenvalue weighted by molar-refractivity contribution is 0.106. The van der Waals surface area contributed by atoms with E-state index < -0.39 is 6.10 Å². The van der Waals surface area contributed by atoms with Crippen LogP contribution in [0.4, 0.5) is 0 Å². The van der Waals surface area contributed by atoms with Gasteiger partial charge in [-0.3, -0.25) is 4.90 Å². The molecule has 0 radical (unpaired) electrons. The SMILES string of the molecule is C[C@@H](N)CN(Cc1ccccc1)C[C@H](O)c1ccccc1. The first kappa shape index (κ1) is 15.7. The van der Waals surface area contributed by atoms with E-state index in [1.54, 1.807) is 0 Å². The topological polar surface area (TPSA) is 49.5 Å². The summed E-state index contributed by atoms with van der Waals surface area (Å²) in [6.45, 7) is 4.14. The average molecular weight is 284 g/mol. The molecule has 0 unspecified atom stereocenters. The minimum Gasteiger partial charge on any atom is -0.387 e. The molecule has 2 aromatic carbocycles. The van der Waals surface area contributed by atoms with Crippen molar-refractivity contribution in [1.82, 2.24) is 4.90 Å². The van der Waals surface area contributed by atoms with Crippen molar-refractivity contribution >= 4 is 0 Å². The quantitative estimate of drug-likeness (QED) is 0.821. The Labute approximate surface area is 127 Å². The molecule has 0 saturated heterocycles. The molecule has 2 atom stereocenters. The molecule has 21 heavy (non-hydrogen) atoms. The molecule has 0 aromatic heterocycles. The van der Waals surface area contributed by atoms with E-state index in [4.69, 9.17) is 5.73 Å². The number of nitrogens with zero attached hydrogens (tertiary/aromatic N) is 1. The van der Waals surface area contributed by atoms with Crippen LogP contribution in [0.2, 0.25) is 0 Å². The second kappa shape index (κ2) is 7.93. The van der Waals surface area contributed by atoms with Gasteiger partial charge in [-0.15, -0.1) is 0 Å². The van der Waals surface area contributed by atoms with E-state index in [-0.39, 0.29) is 6.04 Å². The van der Waals surface area contributed by atoms with E-state index in [9.17, 15) is 5.11 Å². The fourth-order valence-electron chi connectivity index (χ4n) is 2.48. The average Bonchev–Trinajstić information content (AvgIpc) is 2.48. The lowest BCUT2D eigenvalue weighted by Gasteiger charge is -2.27. The van der Waals surface area contributed by atoms with Gasteiger partial charge in [-0.2, -0.15) is 0 Å². The zero-order chi connectivity index (χ0) is 15.1. The van der Waals surface area contributed by atoms with E-state index in [0.29, 0.717) is 6.54 Å². The summed E-state index contributed by atoms with van der Waals surface area (Å²) in [6.07, 6.45) is -0.492. The maximum Gasteiger partial charge on any atom is 0.0917 e. The molecular weight excluding hydrogens is 260 g/mol. The van der Waals surface area contributed by atoms with Crippen LogP contribution < -0.4 is 5.73 Å². The maximum atomic E-state index is 10.4. The van der Waals surface area contributed by atoms with Gasteiger partial charge < -0.3 is 10.8 Å². The summed E-state index contributed by atoms with van der Waals surface area (Å²) in [5, 5.41) is 10.4. The summed E-state index contributed by atoms with van der Waals surface area (Å²) in [6, 6.07) is 20.1. The zero-order valence-electron chi connectivity index (χ0n) is 12.5. The predicted octanol–water partition coefficient (Wildman–Crippen LogP) is 2.57. The molecule has 2 aromatic rings. The smallest absolute Gasteiger partial charge is 0.0917 e. The molecule has 0 bridgehead atoms. The van der Waals surface area contributed by atoms with Gasteiger partial charge >= 0.3 is 0 Å². The zero-order valence-corrected chi connectivity index (χ0v) is 12.5. The maximum absolute atomic E-state index is 10.4. The van der Waals surface area contributed by atoms with Gasteiger partial charge in [0, 0.05) is 25.7 Å². The summed E-state index contributed by atoms with van der Waals surface area (Å²) in [4.78, 5) is 2.21. The van der Waals surface area contributed by atoms with Crippen molar-refractivity contribution in [2.75, 3.05) is 13.1 Å². The summed E-state index contributed by atoms with van der Waals surface area (Å²) >= 11 is 0. The molecule has 0 aliphatic heterocycles. The Morgan fingerprint density at radius 2 is 1.52 bits per heavy atom. The van der Waals surface area contributed by atoms with Crippen molar-refractivity contribution in [2.24, 2.45) is 5.73 Å². The Hall–Kier alpha value is -1.68. The fraction of sp³-hybridized carbons (Fsp3) is 0.333. The third kappa shape index (κ3) is 5.31. The monoisotopic (exact) mass is 284 g/mol. The minimum atomic E-state index is -0.492. The van der Waals surface area contributed by atoms with Crippen LogP contribution in [0.1, 0.15) is 24.2 Å². The Balaban J connectivity index is 2.02. The van der Waals surface area contributed by atoms with Crippen molar-refractivity contribution in [1.29, 1.82) is 0 Å². The summed E-state index contributed by atoms with van der Waals surface area (Å²) < 4.78 is 0. The first-order chi connectivity index (χ1) is 10.1. The Bertz CT molecular complexity index is 513. The first-order valence-corrected chi connectivity index (χ1v) is 7.40. The molecule has 0 fully saturated rings. The highest BCUT2D eigenvalue weighted by Crippen LogP contribution is 2.15. The predicted molar refractivity (Wildman–Crippen MR) is 86.8 cm³/mol. The van der Waals surface area contributed by atoms with E-state index >= 15 is 0 Å². The van der Waals surface area contributed by atoms with E-state index in [1.165, 1.54) is 5.56 Å². The van der Waals surface area contributed by atoms with Gasteiger partial charge in [-0.1, -0.05) is 60.7 Å². The van der Waals surface area contributed by atoms with Crippen LogP contribution in [0.5, 0.6) is 0 Å². The van der Waals surface area contributed by atoms with Crippen LogP contribution in [0.3, 0.4) is 0 Å². The van der Waals surface area contributed by atoms with Crippen molar-refractivity contribution in [3.05, 3.63) is 71.8 Å². The van der Waals surface area contributed by atoms with Crippen LogP contribution in [-0.4, -0.2) is 29.1 Å². The molecule has 3 N–H and O–H groups in total. The van der Waals surface area contributed by atoms with Gasteiger partial charge in [0.1, 0.15) is 0 Å². The normalized spacial score (nSPS) is 14.1. The first-order valence-electron chi connectivity index (χ1n) is 7.40. The van der Waals surface area contributed by atoms with E-state index in [0.717, 1.165) is 18.7 Å². The van der Waals surface area contributed by atoms with Crippen LogP contribution in [-0.2, 0) is 6.54 Å². The number of aliphatic hydroxyl groups excluding tert-OH is 1. The summed E-state index contributed by atoms with van der Waals surface area (Å²) in [5.74, 6) is 0. The molecule has 0 amide bonds. The van der Waals surface area contributed by atoms with Gasteiger partial charge in [-0.25, -0.2) is 0 Å². The summed E-state index contributed by atoms with van der Waals surface area (Å²) in [7, 11) is 0. The molecule has 3 nitrogen and oxygen atoms in total. The third-order valence-corrected chi connectivity index (χ3v) is 3.41. The highest BCUT2D eigenvalue weighted by atomic mass is 16.3. The molecule has 0 saturated carbocycles. The molecule has 0 aliphatic rings. The van der Waals surface area contributed by atoms with E-state index in [2.05, 4.69) is 17.0 Å². The van der Waals surface area contributed by atoms with Crippen molar-refractivity contribution in [3.63, 3.8) is 0 Å². The standard InChI is InChI=1S/C18H24N2O/c1-15(19)12-20(13-16-8-4-2-5-9-16)14-18(21)17-10-6-3-7-11-17/h2-11,15,18,21H,12-14,19H2,1H3/t15-,18+/m1/s1. The Morgan fingerprint density at radius 3 is 2.10 bits per heavy atom. The lowest BCUT2D eigenvalue weighted by atomic mass is 10.1. The minimum absolute atomic E-state index is 0.0803. The second-order valence-corrected chi connectivity index (χ2v) is 5.58. The lowest BCUT2D eigenvalue weighted by Crippen LogP contribution is -2.37. The van der Waals surface area contributed by atoms with Crippen LogP contribution in [0.15, 0.2) is 60.7 Å². The molecular formula is C18H24N2O. The molecule has 0 spiro atoms. The third-order valence-electron chi connectivity index (χ3n) is 3.41. The van der Waals surface area contributed by atoms with Crippen LogP contribution >= 0.6 is 0 Å². The van der Waals surface area contributed by atoms with Gasteiger partial charge in [-0.05, 0) is 18.1 Å². The number of aliphatic hydroxyl groups is 1. The molecule has 0 heterocycles. The highest BCUT2D eigenvalue weighted by molar-refractivity contribution is 5.18. The number of rotatable bonds is 7. The van der Waals surface area contributed by atoms with E-state index in [1.807, 2.05) is 55.5 Å². The van der Waals surface area contributed by atoms with Crippen molar-refractivity contribution in [2.45, 2.75) is 25.6 Å². The fourth-order valence-corrected chi connectivity index (χ4v) is 2.48. The van der Waals surface area contributed by atoms with Crippen LogP contribution in [0, 0.1) is 0 Å². The second-order valence-electron chi connectivity index (χ2n) is 5.58. The van der Waals surface area contributed by atoms with Crippen molar-refractivity contribution in [3.8, 4) is 0 Å². The van der Waals surface area contributed by atoms with Crippen LogP contribution in [0.25, 0.3) is 0 Å². The number of hydrogen-bond donors (Lipinski definition) is 2. The molecule has 2 rings (SSSR count). The van der Waals surface area contributed by atoms with Gasteiger partial charge in [0.15, 0.2) is 0 Å². The molecule has 3 heteroatoms. The van der Waals surface area contributed by atoms with Gasteiger partial charge in [0.05, 0.1) is 6.10 Å². The Morgan fingerprint density at radius 1 is 0.952 bits per heavy atom. The van der Waals surface area contributed by atoms with Gasteiger partial charge in [0.2, 0.25) is 0 Å². The molecule has 112 valence electrons. The summed E-state index contributed by atoms with van der Waals surface area (Å²) in [5.41, 5.74) is 8.12.